The Morgan fingerprint density at radius 3 is 2.69 bits per heavy atom. The molecule has 2 aromatic carbocycles. The maximum absolute atomic E-state index is 12.4. The number of furan rings is 1. The SMILES string of the molecule is C[C@H](NC(=O)COC(=O)c1ccccc1NCc1ccco1)c1cccc(Cl)c1. The Morgan fingerprint density at radius 1 is 1.10 bits per heavy atom. The van der Waals surface area contributed by atoms with Gasteiger partial charge in [0.05, 0.1) is 24.4 Å². The molecule has 1 atom stereocenters. The molecule has 3 rings (SSSR count). The van der Waals surface area contributed by atoms with Gasteiger partial charge in [0.1, 0.15) is 5.76 Å². The largest absolute Gasteiger partial charge is 0.467 e. The Labute approximate surface area is 173 Å². The molecule has 0 bridgehead atoms. The second kappa shape index (κ2) is 9.80. The number of hydrogen-bond acceptors (Lipinski definition) is 5. The van der Waals surface area contributed by atoms with E-state index in [1.54, 1.807) is 48.7 Å². The van der Waals surface area contributed by atoms with Gasteiger partial charge in [0.2, 0.25) is 0 Å². The van der Waals surface area contributed by atoms with Gasteiger partial charge in [-0.2, -0.15) is 0 Å². The van der Waals surface area contributed by atoms with E-state index in [9.17, 15) is 9.59 Å². The molecule has 0 aliphatic heterocycles. The van der Waals surface area contributed by atoms with Crippen molar-refractivity contribution in [2.24, 2.45) is 0 Å². The topological polar surface area (TPSA) is 80.6 Å². The molecule has 0 saturated heterocycles. The van der Waals surface area contributed by atoms with Crippen molar-refractivity contribution in [1.82, 2.24) is 5.32 Å². The summed E-state index contributed by atoms with van der Waals surface area (Å²) in [6.07, 6.45) is 1.58. The highest BCUT2D eigenvalue weighted by molar-refractivity contribution is 6.30. The molecule has 1 heterocycles. The summed E-state index contributed by atoms with van der Waals surface area (Å²) >= 11 is 5.98. The van der Waals surface area contributed by atoms with Crippen LogP contribution in [0.5, 0.6) is 0 Å². The number of halogens is 1. The van der Waals surface area contributed by atoms with Gasteiger partial charge >= 0.3 is 5.97 Å². The van der Waals surface area contributed by atoms with Crippen LogP contribution in [0.15, 0.2) is 71.3 Å². The molecule has 1 amide bonds. The van der Waals surface area contributed by atoms with E-state index in [1.165, 1.54) is 0 Å². The number of rotatable bonds is 8. The Kier molecular flexibility index (Phi) is 6.92. The number of amides is 1. The second-order valence-corrected chi connectivity index (χ2v) is 6.84. The molecule has 3 aromatic rings. The molecular weight excluding hydrogens is 392 g/mol. The minimum Gasteiger partial charge on any atom is -0.467 e. The molecule has 0 aliphatic carbocycles. The fourth-order valence-corrected chi connectivity index (χ4v) is 2.96. The van der Waals surface area contributed by atoms with Crippen LogP contribution in [0, 0.1) is 0 Å². The third-order valence-corrected chi connectivity index (χ3v) is 4.48. The molecule has 0 spiro atoms. The van der Waals surface area contributed by atoms with Crippen LogP contribution in [-0.4, -0.2) is 18.5 Å². The predicted octanol–water partition coefficient (Wildman–Crippen LogP) is 4.58. The number of hydrogen-bond donors (Lipinski definition) is 2. The van der Waals surface area contributed by atoms with Crippen LogP contribution in [0.1, 0.15) is 34.6 Å². The quantitative estimate of drug-likeness (QED) is 0.529. The van der Waals surface area contributed by atoms with Gasteiger partial charge < -0.3 is 19.8 Å². The van der Waals surface area contributed by atoms with Gasteiger partial charge in [0.15, 0.2) is 6.61 Å². The van der Waals surface area contributed by atoms with Crippen LogP contribution in [0.25, 0.3) is 0 Å². The van der Waals surface area contributed by atoms with Crippen molar-refractivity contribution in [1.29, 1.82) is 0 Å². The van der Waals surface area contributed by atoms with Crippen molar-refractivity contribution in [3.05, 3.63) is 88.8 Å². The summed E-state index contributed by atoms with van der Waals surface area (Å²) in [6, 6.07) is 17.5. The normalized spacial score (nSPS) is 11.5. The summed E-state index contributed by atoms with van der Waals surface area (Å²) in [6.45, 7) is 1.88. The fraction of sp³-hybridized carbons (Fsp3) is 0.182. The van der Waals surface area contributed by atoms with Gasteiger partial charge in [0, 0.05) is 10.7 Å². The summed E-state index contributed by atoms with van der Waals surface area (Å²) < 4.78 is 10.5. The molecule has 0 aliphatic rings. The Balaban J connectivity index is 1.54. The number of esters is 1. The van der Waals surface area contributed by atoms with Crippen molar-refractivity contribution < 1.29 is 18.7 Å². The summed E-state index contributed by atoms with van der Waals surface area (Å²) in [5.74, 6) is -0.243. The number of para-hydroxylation sites is 1. The van der Waals surface area contributed by atoms with Gasteiger partial charge in [0.25, 0.3) is 5.91 Å². The molecule has 0 fully saturated rings. The van der Waals surface area contributed by atoms with E-state index in [0.717, 1.165) is 11.3 Å². The summed E-state index contributed by atoms with van der Waals surface area (Å²) in [5, 5.41) is 6.51. The number of ether oxygens (including phenoxy) is 1. The van der Waals surface area contributed by atoms with E-state index < -0.39 is 11.9 Å². The van der Waals surface area contributed by atoms with Crippen LogP contribution in [-0.2, 0) is 16.1 Å². The highest BCUT2D eigenvalue weighted by atomic mass is 35.5. The van der Waals surface area contributed by atoms with Gasteiger partial charge in [-0.3, -0.25) is 4.79 Å². The molecule has 0 radical (unpaired) electrons. The molecule has 0 unspecified atom stereocenters. The first kappa shape index (κ1) is 20.5. The van der Waals surface area contributed by atoms with Gasteiger partial charge in [-0.25, -0.2) is 4.79 Å². The summed E-state index contributed by atoms with van der Waals surface area (Å²) in [4.78, 5) is 24.6. The Bertz CT molecular complexity index is 972. The number of nitrogens with one attached hydrogen (secondary N) is 2. The van der Waals surface area contributed by atoms with E-state index in [0.29, 0.717) is 22.8 Å². The average molecular weight is 413 g/mol. The van der Waals surface area contributed by atoms with Gasteiger partial charge in [-0.05, 0) is 48.9 Å². The van der Waals surface area contributed by atoms with E-state index in [2.05, 4.69) is 10.6 Å². The molecule has 2 N–H and O–H groups in total. The second-order valence-electron chi connectivity index (χ2n) is 6.40. The van der Waals surface area contributed by atoms with E-state index in [-0.39, 0.29) is 12.6 Å². The lowest BCUT2D eigenvalue weighted by Crippen LogP contribution is -2.31. The monoisotopic (exact) mass is 412 g/mol. The average Bonchev–Trinajstić information content (AvgIpc) is 3.24. The third kappa shape index (κ3) is 5.86. The first-order valence-electron chi connectivity index (χ1n) is 9.10. The van der Waals surface area contributed by atoms with Crippen molar-refractivity contribution in [3.8, 4) is 0 Å². The van der Waals surface area contributed by atoms with E-state index in [1.807, 2.05) is 25.1 Å². The molecule has 1 aromatic heterocycles. The maximum atomic E-state index is 12.4. The van der Waals surface area contributed by atoms with Crippen molar-refractivity contribution in [2.45, 2.75) is 19.5 Å². The van der Waals surface area contributed by atoms with E-state index >= 15 is 0 Å². The minimum atomic E-state index is -0.585. The van der Waals surface area contributed by atoms with Crippen LogP contribution in [0.2, 0.25) is 5.02 Å². The van der Waals surface area contributed by atoms with Crippen molar-refractivity contribution >= 4 is 29.2 Å². The van der Waals surface area contributed by atoms with Crippen LogP contribution >= 0.6 is 11.6 Å². The number of carbonyl (C=O) groups excluding carboxylic acids is 2. The molecule has 6 nitrogen and oxygen atoms in total. The smallest absolute Gasteiger partial charge is 0.340 e. The zero-order valence-corrected chi connectivity index (χ0v) is 16.6. The molecule has 7 heteroatoms. The maximum Gasteiger partial charge on any atom is 0.340 e. The summed E-state index contributed by atoms with van der Waals surface area (Å²) in [5.41, 5.74) is 1.81. The van der Waals surface area contributed by atoms with Crippen molar-refractivity contribution in [2.75, 3.05) is 11.9 Å². The van der Waals surface area contributed by atoms with Crippen LogP contribution in [0.4, 0.5) is 5.69 Å². The molecule has 150 valence electrons. The Morgan fingerprint density at radius 2 is 1.93 bits per heavy atom. The standard InChI is InChI=1S/C22H21ClN2O4/c1-15(16-6-4-7-17(23)12-16)25-21(26)14-29-22(27)19-9-2-3-10-20(19)24-13-18-8-5-11-28-18/h2-12,15,24H,13-14H2,1H3,(H,25,26)/t15-/m0/s1. The van der Waals surface area contributed by atoms with Crippen LogP contribution in [0.3, 0.4) is 0 Å². The highest BCUT2D eigenvalue weighted by Gasteiger charge is 2.16. The van der Waals surface area contributed by atoms with E-state index in [4.69, 9.17) is 20.8 Å². The zero-order valence-electron chi connectivity index (χ0n) is 15.9. The zero-order chi connectivity index (χ0) is 20.6. The fourth-order valence-electron chi connectivity index (χ4n) is 2.76. The summed E-state index contributed by atoms with van der Waals surface area (Å²) in [7, 11) is 0. The van der Waals surface area contributed by atoms with Crippen molar-refractivity contribution in [3.63, 3.8) is 0 Å². The highest BCUT2D eigenvalue weighted by Crippen LogP contribution is 2.19. The predicted molar refractivity (Wildman–Crippen MR) is 111 cm³/mol. The minimum absolute atomic E-state index is 0.262. The Hall–Kier alpha value is -3.25. The van der Waals surface area contributed by atoms with Crippen LogP contribution < -0.4 is 10.6 Å². The first-order valence-corrected chi connectivity index (χ1v) is 9.48. The number of carbonyl (C=O) groups is 2. The molecule has 29 heavy (non-hydrogen) atoms. The molecular formula is C22H21ClN2O4. The third-order valence-electron chi connectivity index (χ3n) is 4.24. The van der Waals surface area contributed by atoms with Gasteiger partial charge in [-0.1, -0.05) is 35.9 Å². The first-order chi connectivity index (χ1) is 14.0. The molecule has 0 saturated carbocycles. The van der Waals surface area contributed by atoms with Gasteiger partial charge in [-0.15, -0.1) is 0 Å². The number of anilines is 1. The number of benzene rings is 2. The lowest BCUT2D eigenvalue weighted by molar-refractivity contribution is -0.124. The lowest BCUT2D eigenvalue weighted by atomic mass is 10.1. The lowest BCUT2D eigenvalue weighted by Gasteiger charge is -2.15.